The first-order chi connectivity index (χ1) is 12.4. The molecule has 2 heterocycles. The highest BCUT2D eigenvalue weighted by molar-refractivity contribution is 8.13. The summed E-state index contributed by atoms with van der Waals surface area (Å²) in [5.41, 5.74) is 1.46. The number of alkyl carbamates (subject to hydrolysis) is 1. The number of rotatable bonds is 6. The number of halogens is 1. The molecule has 2 aromatic rings. The Morgan fingerprint density at radius 1 is 1.19 bits per heavy atom. The maximum atomic E-state index is 11.8. The first-order valence-corrected chi connectivity index (χ1v) is 10.5. The highest BCUT2D eigenvalue weighted by atomic mass is 35.7. The fraction of sp³-hybridized carbons (Fsp3) is 0.294. The van der Waals surface area contributed by atoms with Gasteiger partial charge in [-0.1, -0.05) is 36.4 Å². The SMILES string of the molecule is O=C(NC1CN(c2ccc(CS(=O)(=O)Cl)cn2)C1)OCc1ccccc1. The molecule has 26 heavy (non-hydrogen) atoms. The van der Waals surface area contributed by atoms with E-state index in [0.717, 1.165) is 11.4 Å². The van der Waals surface area contributed by atoms with E-state index in [1.54, 1.807) is 12.1 Å². The van der Waals surface area contributed by atoms with Crippen LogP contribution in [0.2, 0.25) is 0 Å². The van der Waals surface area contributed by atoms with Crippen LogP contribution in [-0.4, -0.2) is 38.6 Å². The zero-order chi connectivity index (χ0) is 18.6. The molecule has 1 aliphatic rings. The van der Waals surface area contributed by atoms with Crippen molar-refractivity contribution in [2.45, 2.75) is 18.4 Å². The van der Waals surface area contributed by atoms with Gasteiger partial charge >= 0.3 is 6.09 Å². The number of amides is 1. The van der Waals surface area contributed by atoms with Crippen LogP contribution in [0, 0.1) is 0 Å². The van der Waals surface area contributed by atoms with Gasteiger partial charge in [-0.05, 0) is 17.2 Å². The van der Waals surface area contributed by atoms with Crippen LogP contribution in [0.15, 0.2) is 48.7 Å². The first-order valence-electron chi connectivity index (χ1n) is 7.98. The fourth-order valence-electron chi connectivity index (χ4n) is 2.58. The fourth-order valence-corrected chi connectivity index (χ4v) is 3.52. The lowest BCUT2D eigenvalue weighted by Crippen LogP contribution is -2.59. The largest absolute Gasteiger partial charge is 0.445 e. The third kappa shape index (κ3) is 5.34. The monoisotopic (exact) mass is 395 g/mol. The second-order valence-electron chi connectivity index (χ2n) is 6.02. The van der Waals surface area contributed by atoms with Crippen molar-refractivity contribution in [3.8, 4) is 0 Å². The van der Waals surface area contributed by atoms with Crippen LogP contribution in [0.5, 0.6) is 0 Å². The Kier molecular flexibility index (Phi) is 5.63. The summed E-state index contributed by atoms with van der Waals surface area (Å²) in [5, 5.41) is 2.80. The second-order valence-corrected chi connectivity index (χ2v) is 8.79. The van der Waals surface area contributed by atoms with Gasteiger partial charge in [0.25, 0.3) is 0 Å². The number of ether oxygens (including phenoxy) is 1. The van der Waals surface area contributed by atoms with Crippen LogP contribution < -0.4 is 10.2 Å². The third-order valence-corrected chi connectivity index (χ3v) is 4.89. The smallest absolute Gasteiger partial charge is 0.407 e. The van der Waals surface area contributed by atoms with Gasteiger partial charge in [-0.2, -0.15) is 0 Å². The molecule has 7 nitrogen and oxygen atoms in total. The maximum Gasteiger partial charge on any atom is 0.407 e. The van der Waals surface area contributed by atoms with Gasteiger partial charge in [0, 0.05) is 30.0 Å². The Labute approximate surface area is 156 Å². The Bertz CT molecular complexity index is 853. The molecular formula is C17H18ClN3O4S. The maximum absolute atomic E-state index is 11.8. The van der Waals surface area contributed by atoms with E-state index in [0.29, 0.717) is 18.7 Å². The minimum absolute atomic E-state index is 0.0111. The summed E-state index contributed by atoms with van der Waals surface area (Å²) in [6, 6.07) is 12.9. The minimum Gasteiger partial charge on any atom is -0.445 e. The van der Waals surface area contributed by atoms with Crippen molar-refractivity contribution in [1.82, 2.24) is 10.3 Å². The van der Waals surface area contributed by atoms with Crippen molar-refractivity contribution < 1.29 is 17.9 Å². The number of pyridine rings is 1. The molecule has 0 atom stereocenters. The molecule has 1 aliphatic heterocycles. The van der Waals surface area contributed by atoms with Crippen molar-refractivity contribution >= 4 is 31.6 Å². The minimum atomic E-state index is -3.59. The van der Waals surface area contributed by atoms with E-state index in [2.05, 4.69) is 10.3 Å². The van der Waals surface area contributed by atoms with Crippen LogP contribution >= 0.6 is 10.7 Å². The molecule has 1 fully saturated rings. The zero-order valence-electron chi connectivity index (χ0n) is 13.8. The molecule has 0 aliphatic carbocycles. The van der Waals surface area contributed by atoms with Crippen molar-refractivity contribution in [3.63, 3.8) is 0 Å². The average Bonchev–Trinajstić information content (AvgIpc) is 2.56. The summed E-state index contributed by atoms with van der Waals surface area (Å²) in [5.74, 6) is 0.468. The molecule has 0 unspecified atom stereocenters. The Morgan fingerprint density at radius 2 is 1.92 bits per heavy atom. The first kappa shape index (κ1) is 18.5. The predicted octanol–water partition coefficient (Wildman–Crippen LogP) is 2.27. The Hall–Kier alpha value is -2.32. The van der Waals surface area contributed by atoms with Gasteiger partial charge in [-0.15, -0.1) is 0 Å². The summed E-state index contributed by atoms with van der Waals surface area (Å²) >= 11 is 0. The number of aromatic nitrogens is 1. The van der Waals surface area contributed by atoms with Crippen LogP contribution in [-0.2, 0) is 26.1 Å². The normalized spacial score (nSPS) is 14.6. The number of benzene rings is 1. The van der Waals surface area contributed by atoms with Gasteiger partial charge in [-0.3, -0.25) is 0 Å². The summed E-state index contributed by atoms with van der Waals surface area (Å²) in [4.78, 5) is 18.0. The number of hydrogen-bond acceptors (Lipinski definition) is 6. The van der Waals surface area contributed by atoms with E-state index in [1.807, 2.05) is 35.2 Å². The van der Waals surface area contributed by atoms with Crippen molar-refractivity contribution in [2.24, 2.45) is 0 Å². The Balaban J connectivity index is 1.41. The van der Waals surface area contributed by atoms with E-state index in [-0.39, 0.29) is 18.4 Å². The lowest BCUT2D eigenvalue weighted by atomic mass is 10.1. The van der Waals surface area contributed by atoms with Crippen LogP contribution in [0.1, 0.15) is 11.1 Å². The van der Waals surface area contributed by atoms with Gasteiger partial charge in [0.1, 0.15) is 12.4 Å². The van der Waals surface area contributed by atoms with Gasteiger partial charge < -0.3 is 15.0 Å². The van der Waals surface area contributed by atoms with Gasteiger partial charge in [-0.25, -0.2) is 18.2 Å². The van der Waals surface area contributed by atoms with E-state index in [9.17, 15) is 13.2 Å². The number of anilines is 1. The molecule has 1 aromatic heterocycles. The second kappa shape index (κ2) is 7.92. The molecule has 0 radical (unpaired) electrons. The summed E-state index contributed by atoms with van der Waals surface area (Å²) in [6.45, 7) is 1.46. The lowest BCUT2D eigenvalue weighted by Gasteiger charge is -2.40. The standard InChI is InChI=1S/C17H18ClN3O4S/c18-26(23,24)12-14-6-7-16(19-8-14)21-9-15(10-21)20-17(22)25-11-13-4-2-1-3-5-13/h1-8,15H,9-12H2,(H,20,22). The average molecular weight is 396 g/mol. The third-order valence-electron chi connectivity index (χ3n) is 3.89. The summed E-state index contributed by atoms with van der Waals surface area (Å²) in [6.07, 6.45) is 1.04. The Morgan fingerprint density at radius 3 is 2.54 bits per heavy atom. The van der Waals surface area contributed by atoms with Gasteiger partial charge in [0.2, 0.25) is 9.05 Å². The molecule has 0 spiro atoms. The van der Waals surface area contributed by atoms with Crippen LogP contribution in [0.4, 0.5) is 10.6 Å². The molecule has 138 valence electrons. The number of carbonyl (C=O) groups excluding carboxylic acids is 1. The topological polar surface area (TPSA) is 88.6 Å². The zero-order valence-corrected chi connectivity index (χ0v) is 15.4. The molecule has 1 aromatic carbocycles. The highest BCUT2D eigenvalue weighted by Crippen LogP contribution is 2.19. The van der Waals surface area contributed by atoms with Gasteiger partial charge in [0.15, 0.2) is 0 Å². The van der Waals surface area contributed by atoms with E-state index in [4.69, 9.17) is 15.4 Å². The molecule has 0 saturated carbocycles. The van der Waals surface area contributed by atoms with Crippen LogP contribution in [0.25, 0.3) is 0 Å². The van der Waals surface area contributed by atoms with E-state index < -0.39 is 15.1 Å². The predicted molar refractivity (Wildman–Crippen MR) is 98.5 cm³/mol. The van der Waals surface area contributed by atoms with Crippen LogP contribution in [0.3, 0.4) is 0 Å². The van der Waals surface area contributed by atoms with E-state index >= 15 is 0 Å². The molecular weight excluding hydrogens is 378 g/mol. The molecule has 3 rings (SSSR count). The molecule has 1 amide bonds. The summed E-state index contributed by atoms with van der Waals surface area (Å²) in [7, 11) is 1.63. The number of carbonyl (C=O) groups is 1. The molecule has 1 N–H and O–H groups in total. The highest BCUT2D eigenvalue weighted by Gasteiger charge is 2.29. The van der Waals surface area contributed by atoms with Crippen molar-refractivity contribution in [2.75, 3.05) is 18.0 Å². The van der Waals surface area contributed by atoms with Crippen molar-refractivity contribution in [3.05, 3.63) is 59.8 Å². The number of nitrogens with one attached hydrogen (secondary N) is 1. The molecule has 1 saturated heterocycles. The lowest BCUT2D eigenvalue weighted by molar-refractivity contribution is 0.133. The van der Waals surface area contributed by atoms with Crippen molar-refractivity contribution in [1.29, 1.82) is 0 Å². The number of hydrogen-bond donors (Lipinski definition) is 1. The summed E-state index contributed by atoms with van der Waals surface area (Å²) < 4.78 is 27.3. The van der Waals surface area contributed by atoms with Gasteiger partial charge in [0.05, 0.1) is 11.8 Å². The quantitative estimate of drug-likeness (QED) is 0.755. The number of nitrogens with zero attached hydrogens (tertiary/aromatic N) is 2. The molecule has 9 heteroatoms. The molecule has 0 bridgehead atoms. The van der Waals surface area contributed by atoms with E-state index in [1.165, 1.54) is 6.20 Å².